The first kappa shape index (κ1) is 16.2. The van der Waals surface area contributed by atoms with E-state index in [1.807, 2.05) is 4.90 Å². The fraction of sp³-hybridized carbons (Fsp3) is 0.533. The fourth-order valence-corrected chi connectivity index (χ4v) is 2.79. The molecular formula is C15H20ClNO4. The third-order valence-corrected chi connectivity index (χ3v) is 4.03. The molecule has 0 bridgehead atoms. The Morgan fingerprint density at radius 1 is 1.24 bits per heavy atom. The first-order valence-corrected chi connectivity index (χ1v) is 7.11. The normalized spacial score (nSPS) is 22.5. The van der Waals surface area contributed by atoms with E-state index in [2.05, 4.69) is 0 Å². The number of hydrogen-bond acceptors (Lipinski definition) is 5. The molecule has 1 saturated heterocycles. The Hall–Kier alpha value is -1.14. The molecule has 1 aromatic carbocycles. The maximum Gasteiger partial charge on any atom is 0.176 e. The van der Waals surface area contributed by atoms with Gasteiger partial charge in [0.2, 0.25) is 0 Å². The number of rotatable bonds is 6. The van der Waals surface area contributed by atoms with E-state index < -0.39 is 0 Å². The highest BCUT2D eigenvalue weighted by atomic mass is 35.5. The minimum Gasteiger partial charge on any atom is -0.495 e. The lowest BCUT2D eigenvalue weighted by Gasteiger charge is -2.14. The van der Waals surface area contributed by atoms with Crippen LogP contribution in [-0.2, 0) is 9.47 Å². The van der Waals surface area contributed by atoms with Gasteiger partial charge in [-0.05, 0) is 18.2 Å². The van der Waals surface area contributed by atoms with Crippen molar-refractivity contribution in [1.29, 1.82) is 0 Å². The van der Waals surface area contributed by atoms with Crippen LogP contribution in [0.5, 0.6) is 5.75 Å². The number of hydrogen-bond donors (Lipinski definition) is 0. The maximum atomic E-state index is 12.3. The topological polar surface area (TPSA) is 48.0 Å². The quantitative estimate of drug-likeness (QED) is 0.751. The number of halogens is 1. The van der Waals surface area contributed by atoms with Gasteiger partial charge in [-0.15, -0.1) is 0 Å². The molecule has 21 heavy (non-hydrogen) atoms. The SMILES string of the molecule is COc1ccc(C(=O)CN2CC(OC)C(OC)C2)cc1Cl. The summed E-state index contributed by atoms with van der Waals surface area (Å²) in [7, 11) is 4.86. The van der Waals surface area contributed by atoms with Gasteiger partial charge in [0.1, 0.15) is 5.75 Å². The summed E-state index contributed by atoms with van der Waals surface area (Å²) >= 11 is 6.05. The van der Waals surface area contributed by atoms with Crippen molar-refractivity contribution in [3.05, 3.63) is 28.8 Å². The number of benzene rings is 1. The highest BCUT2D eigenvalue weighted by Crippen LogP contribution is 2.25. The van der Waals surface area contributed by atoms with Gasteiger partial charge < -0.3 is 14.2 Å². The van der Waals surface area contributed by atoms with E-state index in [9.17, 15) is 4.79 Å². The molecule has 1 aliphatic rings. The highest BCUT2D eigenvalue weighted by Gasteiger charge is 2.33. The molecule has 0 aliphatic carbocycles. The van der Waals surface area contributed by atoms with Crippen LogP contribution in [0.2, 0.25) is 5.02 Å². The van der Waals surface area contributed by atoms with Crippen LogP contribution in [0.4, 0.5) is 0 Å². The molecule has 1 heterocycles. The van der Waals surface area contributed by atoms with Crippen molar-refractivity contribution in [2.45, 2.75) is 12.2 Å². The van der Waals surface area contributed by atoms with E-state index in [0.29, 0.717) is 36.0 Å². The number of ketones is 1. The van der Waals surface area contributed by atoms with Crippen molar-refractivity contribution < 1.29 is 19.0 Å². The second-order valence-corrected chi connectivity index (χ2v) is 5.42. The van der Waals surface area contributed by atoms with Crippen molar-refractivity contribution in [1.82, 2.24) is 4.90 Å². The molecule has 6 heteroatoms. The Balaban J connectivity index is 2.00. The number of carbonyl (C=O) groups excluding carboxylic acids is 1. The zero-order chi connectivity index (χ0) is 15.4. The van der Waals surface area contributed by atoms with Crippen molar-refractivity contribution in [2.75, 3.05) is 41.0 Å². The Labute approximate surface area is 129 Å². The zero-order valence-electron chi connectivity index (χ0n) is 12.5. The summed E-state index contributed by atoms with van der Waals surface area (Å²) in [6, 6.07) is 5.07. The average molecular weight is 314 g/mol. The van der Waals surface area contributed by atoms with Crippen LogP contribution in [0.1, 0.15) is 10.4 Å². The lowest BCUT2D eigenvalue weighted by molar-refractivity contribution is -0.00461. The Kier molecular flexibility index (Phi) is 5.58. The Bertz CT molecular complexity index is 496. The number of carbonyl (C=O) groups is 1. The van der Waals surface area contributed by atoms with Crippen LogP contribution in [0, 0.1) is 0 Å². The van der Waals surface area contributed by atoms with E-state index >= 15 is 0 Å². The predicted molar refractivity (Wildman–Crippen MR) is 80.4 cm³/mol. The second kappa shape index (κ2) is 7.22. The maximum absolute atomic E-state index is 12.3. The summed E-state index contributed by atoms with van der Waals surface area (Å²) in [4.78, 5) is 14.4. The molecular weight excluding hydrogens is 294 g/mol. The number of ether oxygens (including phenoxy) is 3. The third kappa shape index (κ3) is 3.74. The highest BCUT2D eigenvalue weighted by molar-refractivity contribution is 6.32. The van der Waals surface area contributed by atoms with Gasteiger partial charge in [-0.2, -0.15) is 0 Å². The predicted octanol–water partition coefficient (Wildman–Crippen LogP) is 1.88. The van der Waals surface area contributed by atoms with Gasteiger partial charge in [0, 0.05) is 32.9 Å². The number of Topliss-reactive ketones (excluding diaryl/α,β-unsaturated/α-hetero) is 1. The van der Waals surface area contributed by atoms with Crippen LogP contribution in [-0.4, -0.2) is 63.9 Å². The zero-order valence-corrected chi connectivity index (χ0v) is 13.2. The van der Waals surface area contributed by atoms with Crippen LogP contribution in [0.3, 0.4) is 0 Å². The van der Waals surface area contributed by atoms with Crippen molar-refractivity contribution in [3.63, 3.8) is 0 Å². The molecule has 0 radical (unpaired) electrons. The molecule has 2 rings (SSSR count). The van der Waals surface area contributed by atoms with E-state index in [4.69, 9.17) is 25.8 Å². The van der Waals surface area contributed by atoms with Gasteiger partial charge >= 0.3 is 0 Å². The minimum atomic E-state index is 0.00209. The van der Waals surface area contributed by atoms with Gasteiger partial charge in [-0.25, -0.2) is 0 Å². The summed E-state index contributed by atoms with van der Waals surface area (Å²) in [6.45, 7) is 1.69. The standard InChI is InChI=1S/C15H20ClNO4/c1-19-13-5-4-10(6-11(13)16)12(18)7-17-8-14(20-2)15(9-17)21-3/h4-6,14-15H,7-9H2,1-3H3. The molecule has 0 N–H and O–H groups in total. The minimum absolute atomic E-state index is 0.00209. The number of methoxy groups -OCH3 is 3. The molecule has 0 aromatic heterocycles. The van der Waals surface area contributed by atoms with Gasteiger partial charge in [0.25, 0.3) is 0 Å². The summed E-state index contributed by atoms with van der Waals surface area (Å²) in [5.41, 5.74) is 0.579. The molecule has 2 unspecified atom stereocenters. The Morgan fingerprint density at radius 2 is 1.86 bits per heavy atom. The summed E-state index contributed by atoms with van der Waals surface area (Å²) in [5, 5.41) is 0.439. The second-order valence-electron chi connectivity index (χ2n) is 5.01. The fourth-order valence-electron chi connectivity index (χ4n) is 2.53. The molecule has 0 spiro atoms. The van der Waals surface area contributed by atoms with Crippen molar-refractivity contribution >= 4 is 17.4 Å². The van der Waals surface area contributed by atoms with Crippen LogP contribution in [0.25, 0.3) is 0 Å². The summed E-state index contributed by atoms with van der Waals surface area (Å²) < 4.78 is 15.8. The summed E-state index contributed by atoms with van der Waals surface area (Å²) in [5.74, 6) is 0.583. The molecule has 2 atom stereocenters. The summed E-state index contributed by atoms with van der Waals surface area (Å²) in [6.07, 6.45) is 0.00418. The smallest absolute Gasteiger partial charge is 0.176 e. The van der Waals surface area contributed by atoms with E-state index in [-0.39, 0.29) is 18.0 Å². The van der Waals surface area contributed by atoms with Gasteiger partial charge in [0.05, 0.1) is 30.9 Å². The van der Waals surface area contributed by atoms with Crippen LogP contribution >= 0.6 is 11.6 Å². The molecule has 5 nitrogen and oxygen atoms in total. The number of nitrogens with zero attached hydrogens (tertiary/aromatic N) is 1. The molecule has 1 aliphatic heterocycles. The van der Waals surface area contributed by atoms with Crippen molar-refractivity contribution in [2.24, 2.45) is 0 Å². The lowest BCUT2D eigenvalue weighted by atomic mass is 10.1. The third-order valence-electron chi connectivity index (χ3n) is 3.74. The van der Waals surface area contributed by atoms with Crippen LogP contribution < -0.4 is 4.74 Å². The Morgan fingerprint density at radius 3 is 2.33 bits per heavy atom. The van der Waals surface area contributed by atoms with Gasteiger partial charge in [-0.1, -0.05) is 11.6 Å². The van der Waals surface area contributed by atoms with Gasteiger partial charge in [-0.3, -0.25) is 9.69 Å². The van der Waals surface area contributed by atoms with Gasteiger partial charge in [0.15, 0.2) is 5.78 Å². The lowest BCUT2D eigenvalue weighted by Crippen LogP contribution is -2.29. The first-order chi connectivity index (χ1) is 10.1. The molecule has 116 valence electrons. The first-order valence-electron chi connectivity index (χ1n) is 6.73. The average Bonchev–Trinajstić information content (AvgIpc) is 2.89. The van der Waals surface area contributed by atoms with Crippen LogP contribution in [0.15, 0.2) is 18.2 Å². The van der Waals surface area contributed by atoms with E-state index in [1.165, 1.54) is 0 Å². The molecule has 1 fully saturated rings. The van der Waals surface area contributed by atoms with E-state index in [0.717, 1.165) is 0 Å². The number of likely N-dealkylation sites (tertiary alicyclic amines) is 1. The van der Waals surface area contributed by atoms with Crippen molar-refractivity contribution in [3.8, 4) is 5.75 Å². The monoisotopic (exact) mass is 313 g/mol. The molecule has 0 saturated carbocycles. The molecule has 1 aromatic rings. The molecule has 0 amide bonds. The largest absolute Gasteiger partial charge is 0.495 e. The van der Waals surface area contributed by atoms with E-state index in [1.54, 1.807) is 39.5 Å².